The number of aromatic nitrogens is 5. The van der Waals surface area contributed by atoms with Crippen molar-refractivity contribution in [1.29, 1.82) is 0 Å². The van der Waals surface area contributed by atoms with E-state index >= 15 is 0 Å². The summed E-state index contributed by atoms with van der Waals surface area (Å²) < 4.78 is 14.7. The third kappa shape index (κ3) is 5.25. The summed E-state index contributed by atoms with van der Waals surface area (Å²) in [6.45, 7) is 0. The first kappa shape index (κ1) is 36.5. The summed E-state index contributed by atoms with van der Waals surface area (Å²) in [5, 5.41) is 10.00. The van der Waals surface area contributed by atoms with Crippen LogP contribution in [0.4, 0.5) is 0 Å². The molecule has 7 nitrogen and oxygen atoms in total. The normalized spacial score (nSPS) is 13.0. The number of para-hydroxylation sites is 2. The first-order valence-electron chi connectivity index (χ1n) is 22.1. The molecule has 13 aromatic rings. The van der Waals surface area contributed by atoms with E-state index in [4.69, 9.17) is 28.9 Å². The van der Waals surface area contributed by atoms with Gasteiger partial charge < -0.3 is 8.83 Å². The summed E-state index contributed by atoms with van der Waals surface area (Å²) in [6.07, 6.45) is 1.97. The first-order chi connectivity index (χ1) is 32.7. The Balaban J connectivity index is 0.939. The third-order valence-electron chi connectivity index (χ3n) is 13.4. The second-order valence-corrected chi connectivity index (χ2v) is 16.9. The SMILES string of the molecule is c1ccc(C2(c3ccc4c(cnn4-c4cccc(-c5nc(-c6cccc7oc8ccccc8c67)nc(-c6cccc7oc8ccccc8c67)n5)c4)c3)c3ccccc3-c3ccccc32)cc1. The van der Waals surface area contributed by atoms with Crippen LogP contribution in [0, 0.1) is 0 Å². The second-order valence-electron chi connectivity index (χ2n) is 16.9. The van der Waals surface area contributed by atoms with E-state index in [1.165, 1.54) is 33.4 Å². The molecule has 1 aliphatic rings. The lowest BCUT2D eigenvalue weighted by Gasteiger charge is -2.34. The number of hydrogen-bond donors (Lipinski definition) is 0. The van der Waals surface area contributed by atoms with Crippen LogP contribution >= 0.6 is 0 Å². The smallest absolute Gasteiger partial charge is 0.164 e. The monoisotopic (exact) mass is 845 g/mol. The van der Waals surface area contributed by atoms with E-state index in [-0.39, 0.29) is 0 Å². The number of benzene rings is 9. The van der Waals surface area contributed by atoms with E-state index in [0.717, 1.165) is 77.2 Å². The minimum Gasteiger partial charge on any atom is -0.456 e. The second kappa shape index (κ2) is 14.0. The van der Waals surface area contributed by atoms with Crippen LogP contribution in [0.2, 0.25) is 0 Å². The standard InChI is InChI=1S/C59H35N5O2/c1-2-16-38(17-3-1)59(47-25-8-4-19-41(47)42-20-5-9-26-48(42)59)39-31-32-49-37(33-39)35-60-64(49)40-18-12-15-36(34-40)56-61-57(45-23-13-29-52-54(45)43-21-6-10-27-50(43)65-52)63-58(62-56)46-24-14-30-53-55(46)44-22-7-11-28-51(44)66-53/h1-35H. The van der Waals surface area contributed by atoms with Crippen molar-refractivity contribution in [3.8, 4) is 51.0 Å². The number of nitrogens with zero attached hydrogens (tertiary/aromatic N) is 5. The summed E-state index contributed by atoms with van der Waals surface area (Å²) in [5.74, 6) is 1.62. The van der Waals surface area contributed by atoms with Crippen molar-refractivity contribution in [2.75, 3.05) is 0 Å². The number of rotatable bonds is 6. The number of furan rings is 2. The van der Waals surface area contributed by atoms with Gasteiger partial charge in [0.15, 0.2) is 17.5 Å². The van der Waals surface area contributed by atoms with E-state index in [1.807, 2.05) is 77.6 Å². The fourth-order valence-electron chi connectivity index (χ4n) is 10.6. The maximum absolute atomic E-state index is 6.33. The number of fused-ring (bicyclic) bond motifs is 10. The summed E-state index contributed by atoms with van der Waals surface area (Å²) >= 11 is 0. The highest BCUT2D eigenvalue weighted by Crippen LogP contribution is 2.56. The molecular formula is C59H35N5O2. The van der Waals surface area contributed by atoms with Crippen molar-refractivity contribution in [3.05, 3.63) is 235 Å². The van der Waals surface area contributed by atoms with Crippen LogP contribution in [0.1, 0.15) is 22.3 Å². The topological polar surface area (TPSA) is 82.8 Å². The molecule has 0 aliphatic heterocycles. The van der Waals surface area contributed by atoms with Crippen molar-refractivity contribution in [1.82, 2.24) is 24.7 Å². The molecular weight excluding hydrogens is 811 g/mol. The summed E-state index contributed by atoms with van der Waals surface area (Å²) in [7, 11) is 0. The molecule has 9 aromatic carbocycles. The predicted octanol–water partition coefficient (Wildman–Crippen LogP) is 14.4. The van der Waals surface area contributed by atoms with Crippen molar-refractivity contribution >= 4 is 54.8 Å². The van der Waals surface area contributed by atoms with Gasteiger partial charge in [0.25, 0.3) is 0 Å². The van der Waals surface area contributed by atoms with E-state index in [2.05, 4.69) is 140 Å². The molecule has 0 bridgehead atoms. The van der Waals surface area contributed by atoms with Gasteiger partial charge in [-0.3, -0.25) is 0 Å². The molecule has 1 aliphatic carbocycles. The van der Waals surface area contributed by atoms with Crippen molar-refractivity contribution in [3.63, 3.8) is 0 Å². The van der Waals surface area contributed by atoms with E-state index in [0.29, 0.717) is 17.5 Å². The molecule has 7 heteroatoms. The summed E-state index contributed by atoms with van der Waals surface area (Å²) in [6, 6.07) is 71.9. The Morgan fingerprint density at radius 1 is 0.394 bits per heavy atom. The Kier molecular flexibility index (Phi) is 7.77. The molecule has 0 unspecified atom stereocenters. The number of hydrogen-bond acceptors (Lipinski definition) is 6. The van der Waals surface area contributed by atoms with Crippen molar-refractivity contribution in [2.45, 2.75) is 5.41 Å². The maximum atomic E-state index is 6.33. The molecule has 4 aromatic heterocycles. The molecule has 0 fully saturated rings. The van der Waals surface area contributed by atoms with E-state index in [1.54, 1.807) is 0 Å². The predicted molar refractivity (Wildman–Crippen MR) is 263 cm³/mol. The highest BCUT2D eigenvalue weighted by atomic mass is 16.3. The quantitative estimate of drug-likeness (QED) is 0.166. The molecule has 0 atom stereocenters. The highest BCUT2D eigenvalue weighted by Gasteiger charge is 2.46. The first-order valence-corrected chi connectivity index (χ1v) is 22.1. The molecule has 0 amide bonds. The molecule has 4 heterocycles. The molecule has 14 rings (SSSR count). The fraction of sp³-hybridized carbons (Fsp3) is 0.0169. The lowest BCUT2D eigenvalue weighted by Crippen LogP contribution is -2.28. The van der Waals surface area contributed by atoms with Crippen LogP contribution in [0.5, 0.6) is 0 Å². The van der Waals surface area contributed by atoms with Crippen LogP contribution in [0.3, 0.4) is 0 Å². The minimum atomic E-state index is -0.501. The van der Waals surface area contributed by atoms with Gasteiger partial charge in [0, 0.05) is 43.6 Å². The molecule has 66 heavy (non-hydrogen) atoms. The van der Waals surface area contributed by atoms with Gasteiger partial charge in [-0.2, -0.15) is 5.10 Å². The molecule has 0 saturated heterocycles. The molecule has 308 valence electrons. The largest absolute Gasteiger partial charge is 0.456 e. The van der Waals surface area contributed by atoms with Crippen LogP contribution in [0.25, 0.3) is 106 Å². The Bertz CT molecular complexity index is 3910. The van der Waals surface area contributed by atoms with Gasteiger partial charge in [-0.1, -0.05) is 158 Å². The van der Waals surface area contributed by atoms with Crippen LogP contribution in [0.15, 0.2) is 221 Å². The van der Waals surface area contributed by atoms with Gasteiger partial charge >= 0.3 is 0 Å². The molecule has 0 saturated carbocycles. The average Bonchev–Trinajstić information content (AvgIpc) is 4.16. The van der Waals surface area contributed by atoms with Gasteiger partial charge in [0.1, 0.15) is 22.3 Å². The Hall–Kier alpha value is -8.94. The van der Waals surface area contributed by atoms with E-state index in [9.17, 15) is 0 Å². The maximum Gasteiger partial charge on any atom is 0.164 e. The zero-order chi connectivity index (χ0) is 43.3. The molecule has 0 N–H and O–H groups in total. The van der Waals surface area contributed by atoms with Gasteiger partial charge in [-0.25, -0.2) is 19.6 Å². The zero-order valence-corrected chi connectivity index (χ0v) is 35.3. The van der Waals surface area contributed by atoms with E-state index < -0.39 is 5.41 Å². The lowest BCUT2D eigenvalue weighted by atomic mass is 9.67. The van der Waals surface area contributed by atoms with Crippen molar-refractivity contribution < 1.29 is 8.83 Å². The highest BCUT2D eigenvalue weighted by molar-refractivity contribution is 6.13. The summed E-state index contributed by atoms with van der Waals surface area (Å²) in [4.78, 5) is 15.8. The van der Waals surface area contributed by atoms with Crippen LogP contribution in [-0.2, 0) is 5.41 Å². The summed E-state index contributed by atoms with van der Waals surface area (Å²) in [5.41, 5.74) is 14.6. The minimum absolute atomic E-state index is 0.501. The lowest BCUT2D eigenvalue weighted by molar-refractivity contribution is 0.668. The van der Waals surface area contributed by atoms with Gasteiger partial charge in [-0.15, -0.1) is 0 Å². The zero-order valence-electron chi connectivity index (χ0n) is 35.3. The average molecular weight is 846 g/mol. The third-order valence-corrected chi connectivity index (χ3v) is 13.4. The van der Waals surface area contributed by atoms with Crippen molar-refractivity contribution in [2.24, 2.45) is 0 Å². The Morgan fingerprint density at radius 2 is 0.924 bits per heavy atom. The van der Waals surface area contributed by atoms with Crippen LogP contribution < -0.4 is 0 Å². The van der Waals surface area contributed by atoms with Gasteiger partial charge in [0.05, 0.1) is 22.8 Å². The fourth-order valence-corrected chi connectivity index (χ4v) is 10.6. The van der Waals surface area contributed by atoms with Gasteiger partial charge in [0.2, 0.25) is 0 Å². The Labute approximate surface area is 377 Å². The van der Waals surface area contributed by atoms with Gasteiger partial charge in [-0.05, 0) is 81.9 Å². The van der Waals surface area contributed by atoms with Crippen LogP contribution in [-0.4, -0.2) is 24.7 Å². The molecule has 0 spiro atoms. The molecule has 0 radical (unpaired) electrons. The Morgan fingerprint density at radius 3 is 1.58 bits per heavy atom.